The number of aryl methyl sites for hydroxylation is 1. The molecular weight excluding hydrogens is 370 g/mol. The van der Waals surface area contributed by atoms with Crippen LogP contribution in [0.4, 0.5) is 0 Å². The molecule has 0 fully saturated rings. The van der Waals surface area contributed by atoms with E-state index in [1.54, 1.807) is 30.3 Å². The second-order valence-electron chi connectivity index (χ2n) is 6.96. The van der Waals surface area contributed by atoms with Crippen LogP contribution in [-0.2, 0) is 13.0 Å². The Bertz CT molecular complexity index is 1080. The fourth-order valence-electron chi connectivity index (χ4n) is 3.19. The van der Waals surface area contributed by atoms with Crippen molar-refractivity contribution in [2.24, 2.45) is 0 Å². The van der Waals surface area contributed by atoms with Crippen molar-refractivity contribution in [3.8, 4) is 11.5 Å². The summed E-state index contributed by atoms with van der Waals surface area (Å²) in [6, 6.07) is 11.6. The molecule has 29 heavy (non-hydrogen) atoms. The van der Waals surface area contributed by atoms with Gasteiger partial charge in [-0.15, -0.1) is 0 Å². The molecule has 7 nitrogen and oxygen atoms in total. The van der Waals surface area contributed by atoms with E-state index in [0.717, 1.165) is 24.8 Å². The standard InChI is InChI=1S/C22H25N3O4/c1-2-3-6-13-25-22(29)17-8-5-4-7-16(17)20(24-25)21(28)23-12-11-15-9-10-18(26)19(27)14-15/h4-5,7-10,14,26-27H,2-3,6,11-13H2,1H3,(H,23,28). The van der Waals surface area contributed by atoms with Crippen molar-refractivity contribution >= 4 is 16.7 Å². The van der Waals surface area contributed by atoms with E-state index >= 15 is 0 Å². The van der Waals surface area contributed by atoms with Crippen molar-refractivity contribution in [3.05, 3.63) is 64.1 Å². The number of nitrogens with zero attached hydrogens (tertiary/aromatic N) is 2. The number of unbranched alkanes of at least 4 members (excludes halogenated alkanes) is 2. The van der Waals surface area contributed by atoms with E-state index in [1.165, 1.54) is 16.8 Å². The summed E-state index contributed by atoms with van der Waals surface area (Å²) >= 11 is 0. The largest absolute Gasteiger partial charge is 0.504 e. The van der Waals surface area contributed by atoms with E-state index in [4.69, 9.17) is 0 Å². The number of aromatic nitrogens is 2. The van der Waals surface area contributed by atoms with Gasteiger partial charge in [0.15, 0.2) is 17.2 Å². The van der Waals surface area contributed by atoms with Crippen LogP contribution in [0.1, 0.15) is 42.2 Å². The molecule has 0 unspecified atom stereocenters. The van der Waals surface area contributed by atoms with E-state index in [0.29, 0.717) is 30.3 Å². The first-order chi connectivity index (χ1) is 14.0. The third-order valence-electron chi connectivity index (χ3n) is 4.80. The Hall–Kier alpha value is -3.35. The first-order valence-electron chi connectivity index (χ1n) is 9.80. The number of rotatable bonds is 8. The maximum atomic E-state index is 12.8. The number of phenols is 2. The van der Waals surface area contributed by atoms with Gasteiger partial charge in [-0.1, -0.05) is 44.0 Å². The Kier molecular flexibility index (Phi) is 6.49. The van der Waals surface area contributed by atoms with Crippen LogP contribution in [0.5, 0.6) is 11.5 Å². The summed E-state index contributed by atoms with van der Waals surface area (Å²) in [6.45, 7) is 2.89. The number of fused-ring (bicyclic) bond motifs is 1. The number of phenolic OH excluding ortho intramolecular Hbond substituents is 2. The van der Waals surface area contributed by atoms with Gasteiger partial charge >= 0.3 is 0 Å². The lowest BCUT2D eigenvalue weighted by atomic mass is 10.1. The number of carbonyl (C=O) groups is 1. The average molecular weight is 395 g/mol. The summed E-state index contributed by atoms with van der Waals surface area (Å²) in [5.41, 5.74) is 0.820. The number of aromatic hydroxyl groups is 2. The fourth-order valence-corrected chi connectivity index (χ4v) is 3.19. The lowest BCUT2D eigenvalue weighted by Gasteiger charge is -2.11. The molecule has 0 radical (unpaired) electrons. The predicted molar refractivity (Wildman–Crippen MR) is 111 cm³/mol. The number of nitrogens with one attached hydrogen (secondary N) is 1. The van der Waals surface area contributed by atoms with E-state index < -0.39 is 0 Å². The molecule has 1 heterocycles. The van der Waals surface area contributed by atoms with Crippen molar-refractivity contribution < 1.29 is 15.0 Å². The normalized spacial score (nSPS) is 10.9. The third kappa shape index (κ3) is 4.74. The summed E-state index contributed by atoms with van der Waals surface area (Å²) in [5, 5.41) is 27.1. The predicted octanol–water partition coefficient (Wildman–Crippen LogP) is 2.97. The second kappa shape index (κ2) is 9.23. The van der Waals surface area contributed by atoms with Crippen LogP contribution in [0.25, 0.3) is 10.8 Å². The molecule has 0 aliphatic rings. The highest BCUT2D eigenvalue weighted by molar-refractivity contribution is 6.04. The van der Waals surface area contributed by atoms with E-state index in [-0.39, 0.29) is 28.7 Å². The Labute approximate surface area is 168 Å². The number of benzene rings is 2. The highest BCUT2D eigenvalue weighted by Crippen LogP contribution is 2.24. The molecule has 0 saturated carbocycles. The molecule has 0 saturated heterocycles. The van der Waals surface area contributed by atoms with Crippen LogP contribution >= 0.6 is 0 Å². The molecule has 1 aromatic heterocycles. The molecule has 0 aliphatic heterocycles. The van der Waals surface area contributed by atoms with Gasteiger partial charge in [0.25, 0.3) is 11.5 Å². The van der Waals surface area contributed by atoms with Crippen LogP contribution in [-0.4, -0.2) is 32.4 Å². The molecule has 0 spiro atoms. The van der Waals surface area contributed by atoms with Crippen molar-refractivity contribution in [2.75, 3.05) is 6.54 Å². The smallest absolute Gasteiger partial charge is 0.274 e. The first kappa shape index (κ1) is 20.4. The number of carbonyl (C=O) groups excluding carboxylic acids is 1. The molecule has 0 atom stereocenters. The van der Waals surface area contributed by atoms with Gasteiger partial charge in [0.2, 0.25) is 0 Å². The molecule has 3 rings (SSSR count). The SMILES string of the molecule is CCCCCn1nc(C(=O)NCCc2ccc(O)c(O)c2)c2ccccc2c1=O. The summed E-state index contributed by atoms with van der Waals surface area (Å²) in [5.74, 6) is -0.729. The minimum absolute atomic E-state index is 0.182. The van der Waals surface area contributed by atoms with Gasteiger partial charge in [0.1, 0.15) is 0 Å². The van der Waals surface area contributed by atoms with E-state index in [1.807, 2.05) is 0 Å². The van der Waals surface area contributed by atoms with Gasteiger partial charge in [0.05, 0.1) is 5.39 Å². The summed E-state index contributed by atoms with van der Waals surface area (Å²) in [4.78, 5) is 25.5. The molecule has 0 bridgehead atoms. The van der Waals surface area contributed by atoms with Gasteiger partial charge < -0.3 is 15.5 Å². The minimum Gasteiger partial charge on any atom is -0.504 e. The highest BCUT2D eigenvalue weighted by Gasteiger charge is 2.16. The highest BCUT2D eigenvalue weighted by atomic mass is 16.3. The van der Waals surface area contributed by atoms with Crippen molar-refractivity contribution in [2.45, 2.75) is 39.2 Å². The number of hydrogen-bond donors (Lipinski definition) is 3. The summed E-state index contributed by atoms with van der Waals surface area (Å²) < 4.78 is 1.38. The number of hydrogen-bond acceptors (Lipinski definition) is 5. The Balaban J connectivity index is 1.79. The first-order valence-corrected chi connectivity index (χ1v) is 9.80. The molecule has 7 heteroatoms. The Morgan fingerprint density at radius 2 is 1.83 bits per heavy atom. The van der Waals surface area contributed by atoms with E-state index in [9.17, 15) is 19.8 Å². The van der Waals surface area contributed by atoms with Gasteiger partial charge in [-0.2, -0.15) is 5.10 Å². The van der Waals surface area contributed by atoms with Crippen LogP contribution in [0.15, 0.2) is 47.3 Å². The number of amides is 1. The zero-order valence-electron chi connectivity index (χ0n) is 16.4. The maximum Gasteiger partial charge on any atom is 0.274 e. The lowest BCUT2D eigenvalue weighted by molar-refractivity contribution is 0.0948. The average Bonchev–Trinajstić information content (AvgIpc) is 2.72. The molecule has 2 aromatic carbocycles. The lowest BCUT2D eigenvalue weighted by Crippen LogP contribution is -2.31. The van der Waals surface area contributed by atoms with Crippen LogP contribution in [0.3, 0.4) is 0 Å². The molecule has 3 aromatic rings. The Morgan fingerprint density at radius 1 is 1.07 bits per heavy atom. The van der Waals surface area contributed by atoms with Gasteiger partial charge in [-0.3, -0.25) is 9.59 Å². The third-order valence-corrected chi connectivity index (χ3v) is 4.80. The van der Waals surface area contributed by atoms with Crippen LogP contribution < -0.4 is 10.9 Å². The maximum absolute atomic E-state index is 12.8. The second-order valence-corrected chi connectivity index (χ2v) is 6.96. The summed E-state index contributed by atoms with van der Waals surface area (Å²) in [6.07, 6.45) is 3.32. The van der Waals surface area contributed by atoms with Gasteiger partial charge in [-0.25, -0.2) is 4.68 Å². The van der Waals surface area contributed by atoms with Crippen LogP contribution in [0, 0.1) is 0 Å². The molecule has 0 aliphatic carbocycles. The van der Waals surface area contributed by atoms with Crippen molar-refractivity contribution in [1.29, 1.82) is 0 Å². The van der Waals surface area contributed by atoms with E-state index in [2.05, 4.69) is 17.3 Å². The molecule has 3 N–H and O–H groups in total. The zero-order valence-corrected chi connectivity index (χ0v) is 16.4. The van der Waals surface area contributed by atoms with Gasteiger partial charge in [-0.05, 0) is 36.6 Å². The van der Waals surface area contributed by atoms with Crippen LogP contribution in [0.2, 0.25) is 0 Å². The quantitative estimate of drug-likeness (QED) is 0.402. The zero-order chi connectivity index (χ0) is 20.8. The summed E-state index contributed by atoms with van der Waals surface area (Å²) in [7, 11) is 0. The minimum atomic E-state index is -0.353. The Morgan fingerprint density at radius 3 is 2.55 bits per heavy atom. The van der Waals surface area contributed by atoms with Crippen molar-refractivity contribution in [3.63, 3.8) is 0 Å². The van der Waals surface area contributed by atoms with Gasteiger partial charge in [0, 0.05) is 18.5 Å². The monoisotopic (exact) mass is 395 g/mol. The molecule has 152 valence electrons. The van der Waals surface area contributed by atoms with Crippen molar-refractivity contribution in [1.82, 2.24) is 15.1 Å². The molecule has 1 amide bonds. The topological polar surface area (TPSA) is 104 Å². The molecular formula is C22H25N3O4. The fraction of sp³-hybridized carbons (Fsp3) is 0.318.